The van der Waals surface area contributed by atoms with E-state index in [-0.39, 0.29) is 23.1 Å². The number of rotatable bonds is 7. The van der Waals surface area contributed by atoms with E-state index in [1.807, 2.05) is 48.5 Å². The summed E-state index contributed by atoms with van der Waals surface area (Å²) in [6.45, 7) is -0.0320. The quantitative estimate of drug-likeness (QED) is 0.291. The third-order valence-electron chi connectivity index (χ3n) is 5.79. The van der Waals surface area contributed by atoms with Crippen LogP contribution in [-0.2, 0) is 16.0 Å². The van der Waals surface area contributed by atoms with Crippen LogP contribution in [0.2, 0.25) is 10.0 Å². The van der Waals surface area contributed by atoms with E-state index in [1.54, 1.807) is 0 Å². The average molecular weight is 517 g/mol. The zero-order valence-corrected chi connectivity index (χ0v) is 19.4. The number of amides is 1. The first-order chi connectivity index (χ1) is 16.7. The summed E-state index contributed by atoms with van der Waals surface area (Å²) < 4.78 is 5.36. The molecule has 3 aromatic carbocycles. The number of nitrogens with zero attached hydrogens (tertiary/aromatic N) is 1. The topological polar surface area (TPSA) is 139 Å². The van der Waals surface area contributed by atoms with Crippen LogP contribution in [0, 0.1) is 10.1 Å². The molecule has 0 aromatic heterocycles. The molecule has 3 aromatic rings. The minimum absolute atomic E-state index is 0.0320. The van der Waals surface area contributed by atoms with E-state index in [1.165, 1.54) is 0 Å². The summed E-state index contributed by atoms with van der Waals surface area (Å²) in [6.07, 6.45) is -1.49. The third-order valence-corrected chi connectivity index (χ3v) is 6.56. The van der Waals surface area contributed by atoms with E-state index in [9.17, 15) is 29.9 Å². The SMILES string of the molecule is O=C(NC(Cc1cc(Cl)c(Cl)c([N+](=O)[O-])c1O)C(=O)O)OCC1c2ccccc2-c2ccccc21. The van der Waals surface area contributed by atoms with Crippen molar-refractivity contribution in [3.63, 3.8) is 0 Å². The van der Waals surface area contributed by atoms with Gasteiger partial charge in [0.2, 0.25) is 0 Å². The van der Waals surface area contributed by atoms with E-state index >= 15 is 0 Å². The highest BCUT2D eigenvalue weighted by atomic mass is 35.5. The Kier molecular flexibility index (Phi) is 6.81. The molecule has 1 aliphatic carbocycles. The molecule has 1 unspecified atom stereocenters. The van der Waals surface area contributed by atoms with Crippen molar-refractivity contribution < 1.29 is 29.5 Å². The van der Waals surface area contributed by atoms with Crippen molar-refractivity contribution in [3.8, 4) is 16.9 Å². The number of ether oxygens (including phenoxy) is 1. The van der Waals surface area contributed by atoms with Crippen molar-refractivity contribution >= 4 is 41.0 Å². The van der Waals surface area contributed by atoms with E-state index in [0.29, 0.717) is 0 Å². The van der Waals surface area contributed by atoms with Gasteiger partial charge in [-0.1, -0.05) is 71.7 Å². The first-order valence-electron chi connectivity index (χ1n) is 10.4. The van der Waals surface area contributed by atoms with Crippen LogP contribution in [-0.4, -0.2) is 39.8 Å². The minimum Gasteiger partial charge on any atom is -0.502 e. The Hall–Kier alpha value is -3.82. The number of benzene rings is 3. The number of hydrogen-bond donors (Lipinski definition) is 3. The monoisotopic (exact) mass is 516 g/mol. The number of nitrogens with one attached hydrogen (secondary N) is 1. The van der Waals surface area contributed by atoms with Crippen molar-refractivity contribution in [1.82, 2.24) is 5.32 Å². The Bertz CT molecular complexity index is 1300. The van der Waals surface area contributed by atoms with Crippen LogP contribution in [0.3, 0.4) is 0 Å². The van der Waals surface area contributed by atoms with Crippen LogP contribution in [0.5, 0.6) is 5.75 Å². The van der Waals surface area contributed by atoms with Crippen LogP contribution in [0.4, 0.5) is 10.5 Å². The number of nitro benzene ring substituents is 1. The first kappa shape index (κ1) is 24.3. The lowest BCUT2D eigenvalue weighted by Crippen LogP contribution is -2.43. The lowest BCUT2D eigenvalue weighted by atomic mass is 9.98. The van der Waals surface area contributed by atoms with Gasteiger partial charge in [-0.25, -0.2) is 9.59 Å². The highest BCUT2D eigenvalue weighted by Gasteiger charge is 2.31. The van der Waals surface area contributed by atoms with Gasteiger partial charge in [0.25, 0.3) is 0 Å². The highest BCUT2D eigenvalue weighted by Crippen LogP contribution is 2.45. The molecule has 4 rings (SSSR count). The lowest BCUT2D eigenvalue weighted by Gasteiger charge is -2.18. The van der Waals surface area contributed by atoms with Gasteiger partial charge in [-0.2, -0.15) is 0 Å². The number of halogens is 2. The number of carbonyl (C=O) groups excluding carboxylic acids is 1. The largest absolute Gasteiger partial charge is 0.502 e. The van der Waals surface area contributed by atoms with Gasteiger partial charge in [0, 0.05) is 17.9 Å². The maximum absolute atomic E-state index is 12.5. The maximum atomic E-state index is 12.5. The molecule has 0 bridgehead atoms. The summed E-state index contributed by atoms with van der Waals surface area (Å²) in [6, 6.07) is 15.0. The number of hydrogen-bond acceptors (Lipinski definition) is 6. The number of nitro groups is 1. The summed E-state index contributed by atoms with van der Waals surface area (Å²) >= 11 is 11.7. The smallest absolute Gasteiger partial charge is 0.407 e. The standard InChI is InChI=1S/C24H18Cl2N2O7/c25-18-9-12(22(29)21(20(18)26)28(33)34)10-19(23(30)31)27-24(32)35-11-17-15-7-3-1-5-13(15)14-6-2-4-8-16(14)17/h1-9,17,19,29H,10-11H2,(H,27,32)(H,30,31). The maximum Gasteiger partial charge on any atom is 0.407 e. The van der Waals surface area contributed by atoms with Crippen molar-refractivity contribution in [2.24, 2.45) is 0 Å². The van der Waals surface area contributed by atoms with Gasteiger partial charge in [-0.15, -0.1) is 0 Å². The second kappa shape index (κ2) is 9.81. The highest BCUT2D eigenvalue weighted by molar-refractivity contribution is 6.43. The molecule has 35 heavy (non-hydrogen) atoms. The summed E-state index contributed by atoms with van der Waals surface area (Å²) in [4.78, 5) is 34.6. The second-order valence-corrected chi connectivity index (χ2v) is 8.64. The fourth-order valence-electron chi connectivity index (χ4n) is 4.18. The molecule has 0 aliphatic heterocycles. The van der Waals surface area contributed by atoms with Crippen LogP contribution in [0.25, 0.3) is 11.1 Å². The summed E-state index contributed by atoms with van der Waals surface area (Å²) in [5.74, 6) is -2.49. The number of fused-ring (bicyclic) bond motifs is 3. The summed E-state index contributed by atoms with van der Waals surface area (Å²) in [5.41, 5.74) is 3.04. The van der Waals surface area contributed by atoms with E-state index in [0.717, 1.165) is 28.3 Å². The van der Waals surface area contributed by atoms with Crippen molar-refractivity contribution in [2.45, 2.75) is 18.4 Å². The van der Waals surface area contributed by atoms with Gasteiger partial charge in [0.1, 0.15) is 17.7 Å². The zero-order valence-electron chi connectivity index (χ0n) is 17.9. The van der Waals surface area contributed by atoms with E-state index in [2.05, 4.69) is 5.32 Å². The molecule has 0 spiro atoms. The summed E-state index contributed by atoms with van der Waals surface area (Å²) in [7, 11) is 0. The van der Waals surface area contributed by atoms with Crippen molar-refractivity contribution in [3.05, 3.63) is 91.4 Å². The number of aromatic hydroxyl groups is 1. The molecule has 11 heteroatoms. The molecule has 180 valence electrons. The zero-order chi connectivity index (χ0) is 25.3. The molecule has 1 amide bonds. The normalized spacial score (nSPS) is 13.0. The van der Waals surface area contributed by atoms with E-state index < -0.39 is 45.9 Å². The van der Waals surface area contributed by atoms with Gasteiger partial charge in [-0.3, -0.25) is 10.1 Å². The molecule has 0 radical (unpaired) electrons. The van der Waals surface area contributed by atoms with E-state index in [4.69, 9.17) is 27.9 Å². The molecule has 0 heterocycles. The molecule has 0 fully saturated rings. The summed E-state index contributed by atoms with van der Waals surface area (Å²) in [5, 5.41) is 32.6. The molecule has 3 N–H and O–H groups in total. The molecule has 1 atom stereocenters. The number of phenols is 1. The minimum atomic E-state index is -1.56. The van der Waals surface area contributed by atoms with Crippen LogP contribution >= 0.6 is 23.2 Å². The Morgan fingerprint density at radius 1 is 1.09 bits per heavy atom. The Balaban J connectivity index is 1.49. The number of alkyl carbamates (subject to hydrolysis) is 1. The molecular weight excluding hydrogens is 499 g/mol. The third kappa shape index (κ3) is 4.73. The van der Waals surface area contributed by atoms with Crippen LogP contribution in [0.15, 0.2) is 54.6 Å². The van der Waals surface area contributed by atoms with Gasteiger partial charge < -0.3 is 20.3 Å². The predicted octanol–water partition coefficient (Wildman–Crippen LogP) is 5.14. The van der Waals surface area contributed by atoms with Gasteiger partial charge >= 0.3 is 17.7 Å². The molecule has 0 saturated heterocycles. The average Bonchev–Trinajstić information content (AvgIpc) is 3.14. The van der Waals surface area contributed by atoms with Gasteiger partial charge in [-0.05, 0) is 28.3 Å². The fourth-order valence-corrected chi connectivity index (χ4v) is 4.61. The van der Waals surface area contributed by atoms with Gasteiger partial charge in [0.05, 0.1) is 9.95 Å². The number of phenolic OH excluding ortho intramolecular Hbond substituents is 1. The second-order valence-electron chi connectivity index (χ2n) is 7.85. The van der Waals surface area contributed by atoms with Gasteiger partial charge in [0.15, 0.2) is 5.75 Å². The van der Waals surface area contributed by atoms with Crippen LogP contribution < -0.4 is 5.32 Å². The number of carboxylic acids is 1. The Morgan fingerprint density at radius 3 is 2.20 bits per heavy atom. The fraction of sp³-hybridized carbons (Fsp3) is 0.167. The predicted molar refractivity (Wildman–Crippen MR) is 128 cm³/mol. The Morgan fingerprint density at radius 2 is 1.66 bits per heavy atom. The molecule has 9 nitrogen and oxygen atoms in total. The van der Waals surface area contributed by atoms with Crippen molar-refractivity contribution in [2.75, 3.05) is 6.61 Å². The molecule has 1 aliphatic rings. The van der Waals surface area contributed by atoms with Crippen LogP contribution in [0.1, 0.15) is 22.6 Å². The molecule has 0 saturated carbocycles. The molecular formula is C24H18Cl2N2O7. The number of aliphatic carboxylic acids is 1. The lowest BCUT2D eigenvalue weighted by molar-refractivity contribution is -0.385. The first-order valence-corrected chi connectivity index (χ1v) is 11.1. The van der Waals surface area contributed by atoms with Crippen molar-refractivity contribution in [1.29, 1.82) is 0 Å². The number of carboxylic acid groups (broad SMARTS) is 1. The Labute approximate surface area is 209 Å². The number of carbonyl (C=O) groups is 2.